The van der Waals surface area contributed by atoms with Gasteiger partial charge in [-0.1, -0.05) is 11.8 Å². The van der Waals surface area contributed by atoms with Gasteiger partial charge < -0.3 is 9.84 Å². The minimum absolute atomic E-state index is 0.137. The van der Waals surface area contributed by atoms with E-state index in [0.717, 1.165) is 38.0 Å². The van der Waals surface area contributed by atoms with E-state index in [1.54, 1.807) is 18.4 Å². The highest BCUT2D eigenvalue weighted by Gasteiger charge is 2.18. The normalized spacial score (nSPS) is 17.2. The van der Waals surface area contributed by atoms with Crippen molar-refractivity contribution in [2.75, 3.05) is 26.8 Å². The van der Waals surface area contributed by atoms with E-state index in [0.29, 0.717) is 12.5 Å². The molecule has 0 amide bonds. The minimum atomic E-state index is 0.137. The fourth-order valence-corrected chi connectivity index (χ4v) is 3.13. The maximum atomic E-state index is 8.69. The second kappa shape index (κ2) is 7.66. The first-order valence-corrected chi connectivity index (χ1v) is 7.62. The largest absolute Gasteiger partial charge is 0.395 e. The van der Waals surface area contributed by atoms with Crippen LogP contribution in [0.25, 0.3) is 0 Å². The molecule has 1 fully saturated rings. The smallest absolute Gasteiger partial charge is 0.0595 e. The summed E-state index contributed by atoms with van der Waals surface area (Å²) < 4.78 is 5.39. The lowest BCUT2D eigenvalue weighted by atomic mass is 10.1. The summed E-state index contributed by atoms with van der Waals surface area (Å²) in [5.41, 5.74) is 1.07. The molecule has 0 unspecified atom stereocenters. The second-order valence-electron chi connectivity index (χ2n) is 4.79. The topological polar surface area (TPSA) is 32.7 Å². The van der Waals surface area contributed by atoms with Gasteiger partial charge in [-0.2, -0.15) is 0 Å². The van der Waals surface area contributed by atoms with E-state index in [1.165, 1.54) is 4.88 Å². The van der Waals surface area contributed by atoms with Crippen molar-refractivity contribution < 1.29 is 9.84 Å². The number of nitrogens with zero attached hydrogens (tertiary/aromatic N) is 1. The number of likely N-dealkylation sites (tertiary alicyclic amines) is 1. The zero-order valence-electron chi connectivity index (χ0n) is 11.4. The Labute approximate surface area is 119 Å². The number of thiophene rings is 1. The maximum Gasteiger partial charge on any atom is 0.0595 e. The molecule has 2 heterocycles. The van der Waals surface area contributed by atoms with Crippen LogP contribution in [0.4, 0.5) is 0 Å². The van der Waals surface area contributed by atoms with E-state index < -0.39 is 0 Å². The summed E-state index contributed by atoms with van der Waals surface area (Å²) in [6, 6.07) is 2.16. The van der Waals surface area contributed by atoms with Crippen LogP contribution in [0.5, 0.6) is 0 Å². The third kappa shape index (κ3) is 4.63. The highest BCUT2D eigenvalue weighted by Crippen LogP contribution is 2.20. The van der Waals surface area contributed by atoms with E-state index >= 15 is 0 Å². The SMILES string of the molecule is COC1CCN(Cc2cc(C#CCCO)cs2)CC1. The summed E-state index contributed by atoms with van der Waals surface area (Å²) in [4.78, 5) is 3.84. The molecule has 0 saturated carbocycles. The van der Waals surface area contributed by atoms with Crippen LogP contribution >= 0.6 is 11.3 Å². The predicted molar refractivity (Wildman–Crippen MR) is 78.2 cm³/mol. The van der Waals surface area contributed by atoms with Gasteiger partial charge in [0.05, 0.1) is 12.7 Å². The molecular formula is C15H21NO2S. The first-order valence-electron chi connectivity index (χ1n) is 6.74. The molecule has 3 nitrogen and oxygen atoms in total. The fourth-order valence-electron chi connectivity index (χ4n) is 2.27. The van der Waals surface area contributed by atoms with Gasteiger partial charge in [0.15, 0.2) is 0 Å². The molecule has 19 heavy (non-hydrogen) atoms. The lowest BCUT2D eigenvalue weighted by Gasteiger charge is -2.30. The third-order valence-electron chi connectivity index (χ3n) is 3.37. The Morgan fingerprint density at radius 2 is 2.26 bits per heavy atom. The number of ether oxygens (including phenoxy) is 1. The fraction of sp³-hybridized carbons (Fsp3) is 0.600. The number of aliphatic hydroxyl groups excluding tert-OH is 1. The number of hydrogen-bond acceptors (Lipinski definition) is 4. The Bertz CT molecular complexity index is 438. The molecule has 1 aliphatic rings. The van der Waals surface area contributed by atoms with Gasteiger partial charge in [-0.3, -0.25) is 4.90 Å². The first-order chi connectivity index (χ1) is 9.31. The van der Waals surface area contributed by atoms with Crippen molar-refractivity contribution in [3.05, 3.63) is 21.9 Å². The minimum Gasteiger partial charge on any atom is -0.395 e. The Balaban J connectivity index is 1.82. The van der Waals surface area contributed by atoms with Gasteiger partial charge in [0, 0.05) is 49.0 Å². The number of hydrogen-bond donors (Lipinski definition) is 1. The molecule has 104 valence electrons. The molecule has 1 N–H and O–H groups in total. The Hall–Kier alpha value is -0.860. The molecule has 1 aromatic heterocycles. The van der Waals surface area contributed by atoms with E-state index in [9.17, 15) is 0 Å². The quantitative estimate of drug-likeness (QED) is 0.857. The first kappa shape index (κ1) is 14.5. The molecule has 1 aromatic rings. The van der Waals surface area contributed by atoms with Crippen LogP contribution in [0, 0.1) is 11.8 Å². The van der Waals surface area contributed by atoms with Gasteiger partial charge in [0.1, 0.15) is 0 Å². The molecule has 0 spiro atoms. The lowest BCUT2D eigenvalue weighted by molar-refractivity contribution is 0.0391. The second-order valence-corrected chi connectivity index (χ2v) is 5.78. The van der Waals surface area contributed by atoms with Crippen LogP contribution in [0.15, 0.2) is 11.4 Å². The number of piperidine rings is 1. The van der Waals surface area contributed by atoms with Gasteiger partial charge in [-0.25, -0.2) is 0 Å². The summed E-state index contributed by atoms with van der Waals surface area (Å²) in [5, 5.41) is 10.8. The predicted octanol–water partition coefficient (Wildman–Crippen LogP) is 2.09. The third-order valence-corrected chi connectivity index (χ3v) is 4.29. The molecular weight excluding hydrogens is 258 g/mol. The van der Waals surface area contributed by atoms with Gasteiger partial charge in [0.25, 0.3) is 0 Å². The number of rotatable bonds is 4. The van der Waals surface area contributed by atoms with Gasteiger partial charge in [0.2, 0.25) is 0 Å². The van der Waals surface area contributed by atoms with Crippen molar-refractivity contribution in [1.29, 1.82) is 0 Å². The Kier molecular flexibility index (Phi) is 5.87. The average molecular weight is 279 g/mol. The van der Waals surface area contributed by atoms with Crippen molar-refractivity contribution in [3.63, 3.8) is 0 Å². The number of methoxy groups -OCH3 is 1. The van der Waals surface area contributed by atoms with E-state index in [4.69, 9.17) is 9.84 Å². The molecule has 0 bridgehead atoms. The zero-order valence-corrected chi connectivity index (χ0v) is 12.2. The lowest BCUT2D eigenvalue weighted by Crippen LogP contribution is -2.35. The van der Waals surface area contributed by atoms with Crippen LogP contribution in [0.3, 0.4) is 0 Å². The van der Waals surface area contributed by atoms with Gasteiger partial charge >= 0.3 is 0 Å². The van der Waals surface area contributed by atoms with E-state index in [1.807, 2.05) is 0 Å². The summed E-state index contributed by atoms with van der Waals surface area (Å²) in [6.45, 7) is 3.38. The summed E-state index contributed by atoms with van der Waals surface area (Å²) in [6.07, 6.45) is 3.26. The van der Waals surface area contributed by atoms with Crippen LogP contribution in [0.1, 0.15) is 29.7 Å². The summed E-state index contributed by atoms with van der Waals surface area (Å²) in [7, 11) is 1.80. The van der Waals surface area contributed by atoms with Crippen LogP contribution in [-0.2, 0) is 11.3 Å². The molecule has 0 radical (unpaired) electrons. The molecule has 1 aliphatic heterocycles. The zero-order chi connectivity index (χ0) is 13.5. The molecule has 4 heteroatoms. The van der Waals surface area contributed by atoms with Crippen molar-refractivity contribution in [3.8, 4) is 11.8 Å². The number of aliphatic hydroxyl groups is 1. The summed E-state index contributed by atoms with van der Waals surface area (Å²) in [5.74, 6) is 6.04. The Morgan fingerprint density at radius 1 is 1.47 bits per heavy atom. The summed E-state index contributed by atoms with van der Waals surface area (Å²) >= 11 is 1.77. The average Bonchev–Trinajstić information content (AvgIpc) is 2.88. The Morgan fingerprint density at radius 3 is 2.95 bits per heavy atom. The van der Waals surface area contributed by atoms with Crippen molar-refractivity contribution in [1.82, 2.24) is 4.90 Å². The van der Waals surface area contributed by atoms with Crippen LogP contribution in [0.2, 0.25) is 0 Å². The molecule has 2 rings (SSSR count). The highest BCUT2D eigenvalue weighted by molar-refractivity contribution is 7.10. The monoisotopic (exact) mass is 279 g/mol. The molecule has 1 saturated heterocycles. The standard InChI is InChI=1S/C15H21NO2S/c1-18-14-5-7-16(8-6-14)11-15-10-13(12-19-15)4-2-3-9-17/h10,12,14,17H,3,5-9,11H2,1H3. The molecule has 0 atom stereocenters. The van der Waals surface area contributed by atoms with Crippen molar-refractivity contribution >= 4 is 11.3 Å². The van der Waals surface area contributed by atoms with Crippen molar-refractivity contribution in [2.24, 2.45) is 0 Å². The highest BCUT2D eigenvalue weighted by atomic mass is 32.1. The molecule has 0 aliphatic carbocycles. The van der Waals surface area contributed by atoms with Gasteiger partial charge in [-0.05, 0) is 18.9 Å². The maximum absolute atomic E-state index is 8.69. The van der Waals surface area contributed by atoms with E-state index in [2.05, 4.69) is 28.2 Å². The van der Waals surface area contributed by atoms with Crippen molar-refractivity contribution in [2.45, 2.75) is 31.9 Å². The molecule has 0 aromatic carbocycles. The van der Waals surface area contributed by atoms with Gasteiger partial charge in [-0.15, -0.1) is 11.3 Å². The van der Waals surface area contributed by atoms with Crippen LogP contribution < -0.4 is 0 Å². The van der Waals surface area contributed by atoms with E-state index in [-0.39, 0.29) is 6.61 Å². The van der Waals surface area contributed by atoms with Crippen LogP contribution in [-0.4, -0.2) is 42.9 Å².